The van der Waals surface area contributed by atoms with Crippen molar-refractivity contribution in [2.24, 2.45) is 11.7 Å². The lowest BCUT2D eigenvalue weighted by Gasteiger charge is -2.24. The van der Waals surface area contributed by atoms with Crippen LogP contribution in [-0.2, 0) is 30.4 Å². The third kappa shape index (κ3) is 10.7. The van der Waals surface area contributed by atoms with Crippen molar-refractivity contribution >= 4 is 29.7 Å². The summed E-state index contributed by atoms with van der Waals surface area (Å²) in [5.74, 6) is -5.13. The third-order valence-corrected chi connectivity index (χ3v) is 5.15. The molecule has 0 saturated carbocycles. The van der Waals surface area contributed by atoms with Crippen LogP contribution < -0.4 is 21.7 Å². The lowest BCUT2D eigenvalue weighted by Crippen LogP contribution is -2.58. The Morgan fingerprint density at radius 3 is 1.89 bits per heavy atom. The highest BCUT2D eigenvalue weighted by molar-refractivity contribution is 5.94. The van der Waals surface area contributed by atoms with E-state index in [4.69, 9.17) is 10.8 Å². The standard InChI is InChI=1S/C23H34N4O9/c1-12(2)9-15(24)20(32)26-17(10-13-3-5-14(29)6-4-13)21(33)27-18(11-28)22(34)25-16(23(35)36)7-8-19(30)31/h3-6,12,15-18,28-29H,7-11,24H2,1-2H3,(H,25,34)(H,26,32)(H,27,33)(H,30,31)(H,35,36). The van der Waals surface area contributed by atoms with Gasteiger partial charge in [-0.05, 0) is 36.5 Å². The summed E-state index contributed by atoms with van der Waals surface area (Å²) in [6.07, 6.45) is -0.614. The van der Waals surface area contributed by atoms with Gasteiger partial charge in [-0.15, -0.1) is 0 Å². The molecule has 0 aromatic heterocycles. The number of phenols is 1. The van der Waals surface area contributed by atoms with Crippen LogP contribution in [0.4, 0.5) is 0 Å². The molecule has 0 aliphatic heterocycles. The zero-order valence-electron chi connectivity index (χ0n) is 20.1. The number of nitrogens with one attached hydrogen (secondary N) is 3. The van der Waals surface area contributed by atoms with Crippen LogP contribution in [0.15, 0.2) is 24.3 Å². The predicted octanol–water partition coefficient (Wildman–Crippen LogP) is -1.30. The van der Waals surface area contributed by atoms with Crippen molar-refractivity contribution in [1.82, 2.24) is 16.0 Å². The Labute approximate surface area is 208 Å². The summed E-state index contributed by atoms with van der Waals surface area (Å²) in [5, 5.41) is 44.0. The second-order valence-electron chi connectivity index (χ2n) is 8.74. The fourth-order valence-electron chi connectivity index (χ4n) is 3.23. The summed E-state index contributed by atoms with van der Waals surface area (Å²) in [5.41, 5.74) is 6.48. The number of phenolic OH excluding ortho intramolecular Hbond substituents is 1. The molecule has 0 radical (unpaired) electrons. The van der Waals surface area contributed by atoms with Crippen molar-refractivity contribution in [1.29, 1.82) is 0 Å². The first kappa shape index (κ1) is 30.3. The molecule has 0 heterocycles. The Kier molecular flexibility index (Phi) is 12.3. The minimum absolute atomic E-state index is 0.00404. The Morgan fingerprint density at radius 1 is 0.861 bits per heavy atom. The molecule has 1 aromatic carbocycles. The Hall–Kier alpha value is -3.71. The average Bonchev–Trinajstić information content (AvgIpc) is 2.79. The molecule has 13 heteroatoms. The molecule has 4 atom stereocenters. The second-order valence-corrected chi connectivity index (χ2v) is 8.74. The topological polar surface area (TPSA) is 228 Å². The summed E-state index contributed by atoms with van der Waals surface area (Å²) < 4.78 is 0. The maximum atomic E-state index is 13.0. The van der Waals surface area contributed by atoms with Crippen molar-refractivity contribution in [3.05, 3.63) is 29.8 Å². The number of aliphatic hydroxyl groups excluding tert-OH is 1. The SMILES string of the molecule is CC(C)CC(N)C(=O)NC(Cc1ccc(O)cc1)C(=O)NC(CO)C(=O)NC(CCC(=O)O)C(=O)O. The summed E-state index contributed by atoms with van der Waals surface area (Å²) in [6.45, 7) is 2.85. The zero-order valence-corrected chi connectivity index (χ0v) is 20.1. The predicted molar refractivity (Wildman–Crippen MR) is 127 cm³/mol. The number of aliphatic hydroxyl groups is 1. The summed E-state index contributed by atoms with van der Waals surface area (Å²) in [6, 6.07) is 0.603. The first-order chi connectivity index (χ1) is 16.8. The quantitative estimate of drug-likeness (QED) is 0.139. The lowest BCUT2D eigenvalue weighted by molar-refractivity contribution is -0.143. The fourth-order valence-corrected chi connectivity index (χ4v) is 3.23. The Balaban J connectivity index is 3.00. The molecule has 0 saturated heterocycles. The maximum absolute atomic E-state index is 13.0. The monoisotopic (exact) mass is 510 g/mol. The minimum atomic E-state index is -1.58. The molecule has 36 heavy (non-hydrogen) atoms. The van der Waals surface area contributed by atoms with E-state index in [0.717, 1.165) is 0 Å². The molecule has 0 fully saturated rings. The van der Waals surface area contributed by atoms with Crippen LogP contribution in [0.3, 0.4) is 0 Å². The van der Waals surface area contributed by atoms with Gasteiger partial charge in [-0.25, -0.2) is 4.79 Å². The molecule has 0 aliphatic rings. The fraction of sp³-hybridized carbons (Fsp3) is 0.522. The molecular weight excluding hydrogens is 476 g/mol. The minimum Gasteiger partial charge on any atom is -0.508 e. The number of amides is 3. The first-order valence-electron chi connectivity index (χ1n) is 11.3. The smallest absolute Gasteiger partial charge is 0.326 e. The van der Waals surface area contributed by atoms with Crippen molar-refractivity contribution in [3.8, 4) is 5.75 Å². The van der Waals surface area contributed by atoms with E-state index in [9.17, 15) is 39.3 Å². The number of hydrogen-bond donors (Lipinski definition) is 8. The van der Waals surface area contributed by atoms with Crippen LogP contribution in [0, 0.1) is 5.92 Å². The van der Waals surface area contributed by atoms with Gasteiger partial charge in [-0.2, -0.15) is 0 Å². The van der Waals surface area contributed by atoms with E-state index in [1.165, 1.54) is 24.3 Å². The number of aliphatic carboxylic acids is 2. The molecule has 0 aliphatic carbocycles. The molecule has 1 rings (SSSR count). The molecule has 0 spiro atoms. The molecule has 4 unspecified atom stereocenters. The van der Waals surface area contributed by atoms with Gasteiger partial charge in [0.2, 0.25) is 17.7 Å². The van der Waals surface area contributed by atoms with Gasteiger partial charge < -0.3 is 42.1 Å². The Morgan fingerprint density at radius 2 is 1.39 bits per heavy atom. The van der Waals surface area contributed by atoms with Crippen molar-refractivity contribution in [2.75, 3.05) is 6.61 Å². The Bertz CT molecular complexity index is 921. The van der Waals surface area contributed by atoms with E-state index in [2.05, 4.69) is 16.0 Å². The normalized spacial score (nSPS) is 14.2. The molecular formula is C23H34N4O9. The number of hydrogen-bond acceptors (Lipinski definition) is 8. The van der Waals surface area contributed by atoms with Crippen molar-refractivity contribution in [2.45, 2.75) is 63.7 Å². The van der Waals surface area contributed by atoms with Gasteiger partial charge in [0.1, 0.15) is 23.9 Å². The maximum Gasteiger partial charge on any atom is 0.326 e. The number of carbonyl (C=O) groups is 5. The number of aromatic hydroxyl groups is 1. The van der Waals surface area contributed by atoms with E-state index < -0.39 is 73.3 Å². The molecule has 1 aromatic rings. The largest absolute Gasteiger partial charge is 0.508 e. The van der Waals surface area contributed by atoms with E-state index in [-0.39, 0.29) is 18.1 Å². The van der Waals surface area contributed by atoms with Gasteiger partial charge >= 0.3 is 11.9 Å². The molecule has 0 bridgehead atoms. The number of rotatable bonds is 15. The van der Waals surface area contributed by atoms with Crippen LogP contribution in [0.2, 0.25) is 0 Å². The number of nitrogens with two attached hydrogens (primary N) is 1. The van der Waals surface area contributed by atoms with Crippen LogP contribution >= 0.6 is 0 Å². The first-order valence-corrected chi connectivity index (χ1v) is 11.3. The zero-order chi connectivity index (χ0) is 27.4. The van der Waals surface area contributed by atoms with Crippen LogP contribution in [0.25, 0.3) is 0 Å². The van der Waals surface area contributed by atoms with Gasteiger partial charge in [0, 0.05) is 12.8 Å². The number of carboxylic acids is 2. The van der Waals surface area contributed by atoms with Gasteiger partial charge in [0.25, 0.3) is 0 Å². The van der Waals surface area contributed by atoms with Crippen molar-refractivity contribution in [3.63, 3.8) is 0 Å². The second kappa shape index (κ2) is 14.6. The summed E-state index contributed by atoms with van der Waals surface area (Å²) in [4.78, 5) is 60.2. The van der Waals surface area contributed by atoms with Crippen molar-refractivity contribution < 1.29 is 44.4 Å². The number of carbonyl (C=O) groups excluding carboxylic acids is 3. The lowest BCUT2D eigenvalue weighted by atomic mass is 10.0. The molecule has 9 N–H and O–H groups in total. The van der Waals surface area contributed by atoms with Crippen LogP contribution in [-0.4, -0.2) is 80.9 Å². The van der Waals surface area contributed by atoms with Gasteiger partial charge in [0.05, 0.1) is 12.6 Å². The number of carboxylic acid groups (broad SMARTS) is 2. The highest BCUT2D eigenvalue weighted by Crippen LogP contribution is 2.12. The summed E-state index contributed by atoms with van der Waals surface area (Å²) >= 11 is 0. The highest BCUT2D eigenvalue weighted by Gasteiger charge is 2.30. The van der Waals surface area contributed by atoms with E-state index >= 15 is 0 Å². The van der Waals surface area contributed by atoms with Crippen LogP contribution in [0.1, 0.15) is 38.7 Å². The van der Waals surface area contributed by atoms with E-state index in [1.807, 2.05) is 13.8 Å². The summed E-state index contributed by atoms with van der Waals surface area (Å²) in [7, 11) is 0. The molecule has 13 nitrogen and oxygen atoms in total. The average molecular weight is 511 g/mol. The number of benzene rings is 1. The van der Waals surface area contributed by atoms with Gasteiger partial charge in [-0.3, -0.25) is 19.2 Å². The highest BCUT2D eigenvalue weighted by atomic mass is 16.4. The third-order valence-electron chi connectivity index (χ3n) is 5.15. The molecule has 3 amide bonds. The van der Waals surface area contributed by atoms with Gasteiger partial charge in [0.15, 0.2) is 0 Å². The van der Waals surface area contributed by atoms with Crippen LogP contribution in [0.5, 0.6) is 5.75 Å². The van der Waals surface area contributed by atoms with E-state index in [0.29, 0.717) is 12.0 Å². The molecule has 200 valence electrons. The van der Waals surface area contributed by atoms with Gasteiger partial charge in [-0.1, -0.05) is 26.0 Å². The van der Waals surface area contributed by atoms with E-state index in [1.54, 1.807) is 0 Å².